The van der Waals surface area contributed by atoms with Gasteiger partial charge in [-0.25, -0.2) is 0 Å². The molecule has 1 unspecified atom stereocenters. The monoisotopic (exact) mass is 280 g/mol. The van der Waals surface area contributed by atoms with Crippen LogP contribution >= 0.6 is 0 Å². The van der Waals surface area contributed by atoms with Gasteiger partial charge >= 0.3 is 0 Å². The minimum atomic E-state index is 0.577. The van der Waals surface area contributed by atoms with Gasteiger partial charge in [0.25, 0.3) is 0 Å². The van der Waals surface area contributed by atoms with Crippen molar-refractivity contribution in [2.24, 2.45) is 5.41 Å². The van der Waals surface area contributed by atoms with Crippen LogP contribution in [0.5, 0.6) is 0 Å². The van der Waals surface area contributed by atoms with E-state index in [1.807, 2.05) is 0 Å². The van der Waals surface area contributed by atoms with Gasteiger partial charge in [0.2, 0.25) is 0 Å². The molecule has 2 rings (SSSR count). The molecule has 2 fully saturated rings. The molecular formula is C18H36N2. The number of hydrogen-bond donors (Lipinski definition) is 1. The smallest absolute Gasteiger partial charge is 0.00954 e. The minimum Gasteiger partial charge on any atom is -0.314 e. The van der Waals surface area contributed by atoms with Crippen LogP contribution in [0, 0.1) is 5.41 Å². The molecule has 1 saturated heterocycles. The highest BCUT2D eigenvalue weighted by atomic mass is 15.2. The molecule has 0 amide bonds. The Morgan fingerprint density at radius 2 is 1.90 bits per heavy atom. The summed E-state index contributed by atoms with van der Waals surface area (Å²) in [6.07, 6.45) is 12.9. The maximum Gasteiger partial charge on any atom is 0.00954 e. The third-order valence-electron chi connectivity index (χ3n) is 5.46. The third-order valence-corrected chi connectivity index (χ3v) is 5.46. The van der Waals surface area contributed by atoms with Gasteiger partial charge in [0, 0.05) is 25.2 Å². The summed E-state index contributed by atoms with van der Waals surface area (Å²) in [6.45, 7) is 10.9. The summed E-state index contributed by atoms with van der Waals surface area (Å²) >= 11 is 0. The molecule has 0 aromatic rings. The standard InChI is InChI=1S/C18H36N2/c1-4-9-17-10-5-8-13-20(17)15-18(11-6-7-12-18)14-19-16(2)3/h16-17,19H,4-15H2,1-3H3. The fourth-order valence-corrected chi connectivity index (χ4v) is 4.30. The molecule has 0 spiro atoms. The summed E-state index contributed by atoms with van der Waals surface area (Å²) in [5.74, 6) is 0. The van der Waals surface area contributed by atoms with Crippen molar-refractivity contribution in [1.82, 2.24) is 10.2 Å². The van der Waals surface area contributed by atoms with Gasteiger partial charge in [0.1, 0.15) is 0 Å². The van der Waals surface area contributed by atoms with E-state index in [0.29, 0.717) is 11.5 Å². The van der Waals surface area contributed by atoms with Crippen molar-refractivity contribution in [3.05, 3.63) is 0 Å². The molecule has 0 aromatic carbocycles. The van der Waals surface area contributed by atoms with E-state index in [9.17, 15) is 0 Å². The lowest BCUT2D eigenvalue weighted by atomic mass is 9.83. The Kier molecular flexibility index (Phi) is 6.35. The summed E-state index contributed by atoms with van der Waals surface area (Å²) in [7, 11) is 0. The Morgan fingerprint density at radius 3 is 2.55 bits per heavy atom. The Labute approximate surface area is 126 Å². The maximum atomic E-state index is 3.74. The molecule has 0 radical (unpaired) electrons. The largest absolute Gasteiger partial charge is 0.314 e. The lowest BCUT2D eigenvalue weighted by Crippen LogP contribution is -2.49. The molecule has 2 aliphatic rings. The third kappa shape index (κ3) is 4.46. The minimum absolute atomic E-state index is 0.577. The summed E-state index contributed by atoms with van der Waals surface area (Å²) in [5.41, 5.74) is 0.577. The second-order valence-electron chi connectivity index (χ2n) is 7.65. The number of hydrogen-bond acceptors (Lipinski definition) is 2. The molecule has 1 saturated carbocycles. The fourth-order valence-electron chi connectivity index (χ4n) is 4.30. The predicted molar refractivity (Wildman–Crippen MR) is 88.2 cm³/mol. The number of nitrogens with one attached hydrogen (secondary N) is 1. The van der Waals surface area contributed by atoms with Gasteiger partial charge < -0.3 is 5.32 Å². The second kappa shape index (κ2) is 7.79. The molecule has 1 aliphatic heterocycles. The molecule has 1 heterocycles. The highest BCUT2D eigenvalue weighted by Crippen LogP contribution is 2.40. The second-order valence-corrected chi connectivity index (χ2v) is 7.65. The predicted octanol–water partition coefficient (Wildman–Crippen LogP) is 4.20. The quantitative estimate of drug-likeness (QED) is 0.752. The lowest BCUT2D eigenvalue weighted by molar-refractivity contribution is 0.0752. The van der Waals surface area contributed by atoms with Gasteiger partial charge in [-0.15, -0.1) is 0 Å². The molecule has 1 N–H and O–H groups in total. The summed E-state index contributed by atoms with van der Waals surface area (Å²) in [6, 6.07) is 1.51. The van der Waals surface area contributed by atoms with Crippen LogP contribution in [-0.2, 0) is 0 Å². The van der Waals surface area contributed by atoms with Crippen molar-refractivity contribution in [2.45, 2.75) is 90.6 Å². The normalized spacial score (nSPS) is 27.3. The van der Waals surface area contributed by atoms with Crippen molar-refractivity contribution in [3.8, 4) is 0 Å². The molecule has 1 atom stereocenters. The maximum absolute atomic E-state index is 3.74. The average Bonchev–Trinajstić information content (AvgIpc) is 2.88. The first-order chi connectivity index (χ1) is 9.65. The van der Waals surface area contributed by atoms with Crippen molar-refractivity contribution in [2.75, 3.05) is 19.6 Å². The van der Waals surface area contributed by atoms with Gasteiger partial charge in [-0.1, -0.05) is 46.5 Å². The van der Waals surface area contributed by atoms with E-state index in [4.69, 9.17) is 0 Å². The molecule has 0 aromatic heterocycles. The van der Waals surface area contributed by atoms with Crippen LogP contribution in [0.4, 0.5) is 0 Å². The lowest BCUT2D eigenvalue weighted by Gasteiger charge is -2.42. The summed E-state index contributed by atoms with van der Waals surface area (Å²) in [5, 5.41) is 3.74. The number of piperidine rings is 1. The van der Waals surface area contributed by atoms with Crippen LogP contribution in [-0.4, -0.2) is 36.6 Å². The van der Waals surface area contributed by atoms with Crippen molar-refractivity contribution in [3.63, 3.8) is 0 Å². The van der Waals surface area contributed by atoms with Crippen LogP contribution < -0.4 is 5.32 Å². The Morgan fingerprint density at radius 1 is 1.15 bits per heavy atom. The topological polar surface area (TPSA) is 15.3 Å². The molecule has 2 heteroatoms. The first kappa shape index (κ1) is 16.3. The number of likely N-dealkylation sites (tertiary alicyclic amines) is 1. The van der Waals surface area contributed by atoms with Crippen LogP contribution in [0.2, 0.25) is 0 Å². The van der Waals surface area contributed by atoms with E-state index in [-0.39, 0.29) is 0 Å². The molecule has 2 nitrogen and oxygen atoms in total. The van der Waals surface area contributed by atoms with Gasteiger partial charge in [-0.2, -0.15) is 0 Å². The van der Waals surface area contributed by atoms with Crippen molar-refractivity contribution >= 4 is 0 Å². The van der Waals surface area contributed by atoms with Gasteiger partial charge in [-0.3, -0.25) is 4.90 Å². The molecule has 20 heavy (non-hydrogen) atoms. The van der Waals surface area contributed by atoms with Gasteiger partial charge in [-0.05, 0) is 44.1 Å². The molecule has 0 bridgehead atoms. The van der Waals surface area contributed by atoms with E-state index in [2.05, 4.69) is 31.0 Å². The van der Waals surface area contributed by atoms with Crippen LogP contribution in [0.15, 0.2) is 0 Å². The van der Waals surface area contributed by atoms with Crippen LogP contribution in [0.3, 0.4) is 0 Å². The first-order valence-electron chi connectivity index (χ1n) is 9.13. The van der Waals surface area contributed by atoms with E-state index in [0.717, 1.165) is 6.04 Å². The highest BCUT2D eigenvalue weighted by molar-refractivity contribution is 4.92. The zero-order valence-electron chi connectivity index (χ0n) is 14.1. The number of rotatable bonds is 7. The highest BCUT2D eigenvalue weighted by Gasteiger charge is 2.37. The van der Waals surface area contributed by atoms with Crippen LogP contribution in [0.25, 0.3) is 0 Å². The van der Waals surface area contributed by atoms with E-state index in [1.165, 1.54) is 77.4 Å². The zero-order chi connectivity index (χ0) is 14.4. The molecule has 118 valence electrons. The average molecular weight is 281 g/mol. The van der Waals surface area contributed by atoms with E-state index in [1.54, 1.807) is 0 Å². The summed E-state index contributed by atoms with van der Waals surface area (Å²) < 4.78 is 0. The Bertz CT molecular complexity index is 267. The van der Waals surface area contributed by atoms with Gasteiger partial charge in [0.15, 0.2) is 0 Å². The zero-order valence-corrected chi connectivity index (χ0v) is 14.1. The van der Waals surface area contributed by atoms with E-state index < -0.39 is 0 Å². The van der Waals surface area contributed by atoms with Crippen molar-refractivity contribution < 1.29 is 0 Å². The first-order valence-corrected chi connectivity index (χ1v) is 9.13. The molecular weight excluding hydrogens is 244 g/mol. The SMILES string of the molecule is CCCC1CCCCN1CC1(CNC(C)C)CCCC1. The van der Waals surface area contributed by atoms with Crippen LogP contribution in [0.1, 0.15) is 78.6 Å². The van der Waals surface area contributed by atoms with Crippen molar-refractivity contribution in [1.29, 1.82) is 0 Å². The summed E-state index contributed by atoms with van der Waals surface area (Å²) in [4.78, 5) is 2.86. The Balaban J connectivity index is 1.95. The Hall–Kier alpha value is -0.0800. The van der Waals surface area contributed by atoms with Gasteiger partial charge in [0.05, 0.1) is 0 Å². The molecule has 1 aliphatic carbocycles. The number of nitrogens with zero attached hydrogens (tertiary/aromatic N) is 1. The van der Waals surface area contributed by atoms with E-state index >= 15 is 0 Å². The fraction of sp³-hybridized carbons (Fsp3) is 1.00.